The molecule has 2 fully saturated rings. The summed E-state index contributed by atoms with van der Waals surface area (Å²) in [6, 6.07) is 15.0. The Balaban J connectivity index is 0.00000256. The molecule has 1 aliphatic heterocycles. The van der Waals surface area contributed by atoms with Crippen molar-refractivity contribution in [2.24, 2.45) is 0 Å². The zero-order valence-electron chi connectivity index (χ0n) is 17.4. The Labute approximate surface area is 184 Å². The zero-order valence-corrected chi connectivity index (χ0v) is 18.4. The fourth-order valence-corrected chi connectivity index (χ4v) is 4.33. The van der Waals surface area contributed by atoms with E-state index in [1.807, 2.05) is 18.2 Å². The minimum Gasteiger partial charge on any atom is -0.507 e. The van der Waals surface area contributed by atoms with Gasteiger partial charge in [0, 0.05) is 6.54 Å². The third-order valence-electron chi connectivity index (χ3n) is 6.26. The monoisotopic (exact) mass is 426 g/mol. The molecule has 1 saturated carbocycles. The topological polar surface area (TPSA) is 69.6 Å². The van der Waals surface area contributed by atoms with Crippen LogP contribution >= 0.6 is 13.5 Å². The maximum Gasteiger partial charge on any atom is 0.231 e. The van der Waals surface area contributed by atoms with Crippen LogP contribution in [0, 0.1) is 0 Å². The fraction of sp³-hybridized carbons (Fsp3) is 0.417. The molecule has 0 bridgehead atoms. The lowest BCUT2D eigenvalue weighted by atomic mass is 9.91. The Morgan fingerprint density at radius 2 is 1.77 bits per heavy atom. The van der Waals surface area contributed by atoms with Crippen LogP contribution in [0.25, 0.3) is 0 Å². The molecule has 1 atom stereocenters. The number of hydrogen-bond donors (Lipinski definition) is 2. The predicted molar refractivity (Wildman–Crippen MR) is 122 cm³/mol. The maximum atomic E-state index is 13.4. The van der Waals surface area contributed by atoms with Crippen molar-refractivity contribution >= 4 is 25.2 Å². The quantitative estimate of drug-likeness (QED) is 0.663. The number of nitrogens with one attached hydrogen (secondary N) is 1. The Morgan fingerprint density at radius 3 is 2.37 bits per heavy atom. The highest BCUT2D eigenvalue weighted by Gasteiger charge is 2.52. The standard InChI is InChI=1S/C24H28N2O3.H2S/c1-17(27)20-15-19(9-10-22(20)28)24(11-12-24)23(29)25-21(16-26-13-5-6-14-26)18-7-3-2-4-8-18;/h2-4,7-10,15,21,28H,5-6,11-14,16H2,1H3,(H,25,29);1H2/t21-;/m1./s1. The van der Waals surface area contributed by atoms with Gasteiger partial charge in [0.15, 0.2) is 5.78 Å². The molecule has 6 heteroatoms. The van der Waals surface area contributed by atoms with E-state index >= 15 is 0 Å². The van der Waals surface area contributed by atoms with Crippen LogP contribution in [0.15, 0.2) is 48.5 Å². The van der Waals surface area contributed by atoms with Crippen molar-refractivity contribution < 1.29 is 14.7 Å². The third-order valence-corrected chi connectivity index (χ3v) is 6.26. The minimum atomic E-state index is -0.601. The molecule has 1 amide bonds. The SMILES string of the molecule is CC(=O)c1cc(C2(C(=O)N[C@H](CN3CCCC3)c3ccccc3)CC2)ccc1O.S. The number of aromatic hydroxyl groups is 1. The summed E-state index contributed by atoms with van der Waals surface area (Å²) in [5.74, 6) is -0.226. The molecule has 0 aromatic heterocycles. The zero-order chi connectivity index (χ0) is 20.4. The van der Waals surface area contributed by atoms with Crippen molar-refractivity contribution in [3.63, 3.8) is 0 Å². The molecule has 2 aliphatic rings. The number of amides is 1. The van der Waals surface area contributed by atoms with Crippen LogP contribution in [0.3, 0.4) is 0 Å². The first-order chi connectivity index (χ1) is 14.0. The van der Waals surface area contributed by atoms with Gasteiger partial charge in [0.2, 0.25) is 5.91 Å². The van der Waals surface area contributed by atoms with E-state index in [1.165, 1.54) is 25.8 Å². The molecule has 5 nitrogen and oxygen atoms in total. The number of carbonyl (C=O) groups excluding carboxylic acids is 2. The molecule has 1 heterocycles. The number of carbonyl (C=O) groups is 2. The van der Waals surface area contributed by atoms with Crippen LogP contribution in [0.5, 0.6) is 5.75 Å². The number of phenolic OH excluding ortho intramolecular Hbond substituents is 1. The summed E-state index contributed by atoms with van der Waals surface area (Å²) in [5, 5.41) is 13.3. The first-order valence-electron chi connectivity index (χ1n) is 10.4. The van der Waals surface area contributed by atoms with Crippen molar-refractivity contribution in [1.82, 2.24) is 10.2 Å². The molecule has 30 heavy (non-hydrogen) atoms. The molecule has 1 saturated heterocycles. The van der Waals surface area contributed by atoms with E-state index in [9.17, 15) is 14.7 Å². The molecule has 160 valence electrons. The third kappa shape index (κ3) is 4.55. The highest BCUT2D eigenvalue weighted by atomic mass is 32.1. The Morgan fingerprint density at radius 1 is 1.10 bits per heavy atom. The number of benzene rings is 2. The lowest BCUT2D eigenvalue weighted by Gasteiger charge is -2.27. The first kappa shape index (κ1) is 22.4. The molecule has 0 spiro atoms. The minimum absolute atomic E-state index is 0. The lowest BCUT2D eigenvalue weighted by Crippen LogP contribution is -2.42. The van der Waals surface area contributed by atoms with Gasteiger partial charge in [-0.25, -0.2) is 0 Å². The molecule has 4 rings (SSSR count). The van der Waals surface area contributed by atoms with Gasteiger partial charge in [-0.3, -0.25) is 9.59 Å². The van der Waals surface area contributed by atoms with Crippen LogP contribution < -0.4 is 5.32 Å². The second-order valence-electron chi connectivity index (χ2n) is 8.31. The van der Waals surface area contributed by atoms with E-state index < -0.39 is 5.41 Å². The number of phenols is 1. The van der Waals surface area contributed by atoms with E-state index in [0.717, 1.165) is 43.6 Å². The highest BCUT2D eigenvalue weighted by molar-refractivity contribution is 7.59. The van der Waals surface area contributed by atoms with E-state index in [4.69, 9.17) is 0 Å². The van der Waals surface area contributed by atoms with Gasteiger partial charge in [0.05, 0.1) is 17.0 Å². The largest absolute Gasteiger partial charge is 0.507 e. The van der Waals surface area contributed by atoms with Crippen molar-refractivity contribution in [2.45, 2.75) is 44.1 Å². The summed E-state index contributed by atoms with van der Waals surface area (Å²) in [6.45, 7) is 4.38. The summed E-state index contributed by atoms with van der Waals surface area (Å²) in [5.41, 5.74) is 1.60. The molecule has 0 unspecified atom stereocenters. The molecular formula is C24H30N2O3S. The second kappa shape index (κ2) is 9.23. The number of hydrogen-bond acceptors (Lipinski definition) is 4. The lowest BCUT2D eigenvalue weighted by molar-refractivity contribution is -0.124. The number of Topliss-reactive ketones (excluding diaryl/α,β-unsaturated/α-hetero) is 1. The summed E-state index contributed by atoms with van der Waals surface area (Å²) in [6.07, 6.45) is 3.93. The van der Waals surface area contributed by atoms with E-state index in [2.05, 4.69) is 22.3 Å². The normalized spacial score (nSPS) is 18.3. The van der Waals surface area contributed by atoms with Gasteiger partial charge >= 0.3 is 0 Å². The smallest absolute Gasteiger partial charge is 0.231 e. The van der Waals surface area contributed by atoms with Crippen molar-refractivity contribution in [2.75, 3.05) is 19.6 Å². The maximum absolute atomic E-state index is 13.4. The van der Waals surface area contributed by atoms with Crippen LogP contribution in [0.1, 0.15) is 60.1 Å². The van der Waals surface area contributed by atoms with E-state index in [1.54, 1.807) is 12.1 Å². The average molecular weight is 427 g/mol. The molecule has 2 N–H and O–H groups in total. The number of rotatable bonds is 7. The molecule has 0 radical (unpaired) electrons. The van der Waals surface area contributed by atoms with Gasteiger partial charge in [0.1, 0.15) is 5.75 Å². The Hall–Kier alpha value is -2.31. The number of ketones is 1. The van der Waals surface area contributed by atoms with Crippen LogP contribution in [-0.4, -0.2) is 41.3 Å². The molecule has 1 aliphatic carbocycles. The second-order valence-corrected chi connectivity index (χ2v) is 8.31. The Bertz CT molecular complexity index is 906. The first-order valence-corrected chi connectivity index (χ1v) is 10.4. The van der Waals surface area contributed by atoms with E-state index in [0.29, 0.717) is 0 Å². The number of nitrogens with zero attached hydrogens (tertiary/aromatic N) is 1. The highest BCUT2D eigenvalue weighted by Crippen LogP contribution is 2.49. The van der Waals surface area contributed by atoms with Crippen molar-refractivity contribution in [3.8, 4) is 5.75 Å². The van der Waals surface area contributed by atoms with Gasteiger partial charge in [0.25, 0.3) is 0 Å². The van der Waals surface area contributed by atoms with E-state index in [-0.39, 0.29) is 42.5 Å². The van der Waals surface area contributed by atoms with Gasteiger partial charge in [-0.15, -0.1) is 0 Å². The number of likely N-dealkylation sites (tertiary alicyclic amines) is 1. The summed E-state index contributed by atoms with van der Waals surface area (Å²) in [7, 11) is 0. The predicted octanol–water partition coefficient (Wildman–Crippen LogP) is 3.69. The fourth-order valence-electron chi connectivity index (χ4n) is 4.33. The van der Waals surface area contributed by atoms with Crippen LogP contribution in [-0.2, 0) is 10.2 Å². The van der Waals surface area contributed by atoms with Crippen molar-refractivity contribution in [1.29, 1.82) is 0 Å². The summed E-state index contributed by atoms with van der Waals surface area (Å²) < 4.78 is 0. The summed E-state index contributed by atoms with van der Waals surface area (Å²) >= 11 is 0. The van der Waals surface area contributed by atoms with Crippen LogP contribution in [0.4, 0.5) is 0 Å². The van der Waals surface area contributed by atoms with Gasteiger partial charge in [-0.2, -0.15) is 13.5 Å². The van der Waals surface area contributed by atoms with Gasteiger partial charge in [-0.1, -0.05) is 36.4 Å². The van der Waals surface area contributed by atoms with Crippen LogP contribution in [0.2, 0.25) is 0 Å². The molecule has 2 aromatic rings. The average Bonchev–Trinajstić information content (AvgIpc) is 3.38. The summed E-state index contributed by atoms with van der Waals surface area (Å²) in [4.78, 5) is 27.6. The van der Waals surface area contributed by atoms with Gasteiger partial charge in [-0.05, 0) is 69.0 Å². The molecule has 2 aromatic carbocycles. The van der Waals surface area contributed by atoms with Gasteiger partial charge < -0.3 is 15.3 Å². The van der Waals surface area contributed by atoms with Crippen molar-refractivity contribution in [3.05, 3.63) is 65.2 Å². The Kier molecular flexibility index (Phi) is 6.88. The molecular weight excluding hydrogens is 396 g/mol.